The van der Waals surface area contributed by atoms with Crippen molar-refractivity contribution in [2.75, 3.05) is 0 Å². The minimum Gasteiger partial charge on any atom is -0.267 e. The molecule has 31 heavy (non-hydrogen) atoms. The van der Waals surface area contributed by atoms with Gasteiger partial charge in [-0.05, 0) is 38.1 Å². The summed E-state index contributed by atoms with van der Waals surface area (Å²) >= 11 is 4.47. The van der Waals surface area contributed by atoms with E-state index >= 15 is 0 Å². The molecular weight excluding hydrogens is 448 g/mol. The zero-order chi connectivity index (χ0) is 20.8. The van der Waals surface area contributed by atoms with Crippen LogP contribution in [-0.2, 0) is 0 Å². The van der Waals surface area contributed by atoms with Gasteiger partial charge in [-0.15, -0.1) is 34.0 Å². The van der Waals surface area contributed by atoms with Crippen LogP contribution in [0.2, 0.25) is 0 Å². The van der Waals surface area contributed by atoms with Gasteiger partial charge in [0.2, 0.25) is 0 Å². The van der Waals surface area contributed by atoms with Crippen LogP contribution in [0.5, 0.6) is 0 Å². The quantitative estimate of drug-likeness (QED) is 0.295. The summed E-state index contributed by atoms with van der Waals surface area (Å²) in [6, 6.07) is 8.06. The van der Waals surface area contributed by atoms with Crippen molar-refractivity contribution in [3.63, 3.8) is 0 Å². The second-order valence-corrected chi connectivity index (χ2v) is 11.4. The van der Waals surface area contributed by atoms with Gasteiger partial charge in [-0.25, -0.2) is 9.97 Å². The molecule has 0 N–H and O–H groups in total. The van der Waals surface area contributed by atoms with E-state index in [1.54, 1.807) is 31.5 Å². The highest BCUT2D eigenvalue weighted by Gasteiger charge is 2.25. The minimum atomic E-state index is -0.106. The number of aromatic nitrogens is 4. The van der Waals surface area contributed by atoms with Crippen LogP contribution >= 0.6 is 34.0 Å². The Bertz CT molecular complexity index is 2020. The molecule has 0 atom stereocenters. The van der Waals surface area contributed by atoms with Crippen molar-refractivity contribution < 1.29 is 0 Å². The van der Waals surface area contributed by atoms with Crippen molar-refractivity contribution in [2.24, 2.45) is 0 Å². The molecule has 8 rings (SSSR count). The van der Waals surface area contributed by atoms with E-state index in [2.05, 4.69) is 0 Å². The number of rotatable bonds is 0. The second-order valence-electron chi connectivity index (χ2n) is 7.92. The number of imidazole rings is 2. The van der Waals surface area contributed by atoms with Crippen molar-refractivity contribution in [1.82, 2.24) is 18.8 Å². The van der Waals surface area contributed by atoms with Crippen LogP contribution in [0, 0.1) is 13.8 Å². The molecule has 0 saturated heterocycles. The standard InChI is InChI=1S/C22H10N4O2S3/c1-7-5-11-19(29-7)23-17-9-3-4-10-14-13(9)15(21(27)25(11)17)31-16(14)22(28)26-12-6-8(2)30-20(12)24-18(10)26/h3-6H,1-2H3. The maximum Gasteiger partial charge on any atom is 0.274 e. The molecule has 7 heterocycles. The molecule has 148 valence electrons. The average molecular weight is 459 g/mol. The molecule has 0 aliphatic rings. The van der Waals surface area contributed by atoms with Crippen LogP contribution in [0.15, 0.2) is 33.9 Å². The molecule has 6 nitrogen and oxygen atoms in total. The van der Waals surface area contributed by atoms with Crippen molar-refractivity contribution >= 4 is 96.9 Å². The minimum absolute atomic E-state index is 0.106. The number of hydrogen-bond donors (Lipinski definition) is 0. The Balaban J connectivity index is 1.71. The molecule has 9 heteroatoms. The van der Waals surface area contributed by atoms with E-state index in [1.165, 1.54) is 11.3 Å². The molecule has 0 saturated carbocycles. The second kappa shape index (κ2) is 5.01. The maximum absolute atomic E-state index is 13.6. The first-order valence-electron chi connectivity index (χ1n) is 9.68. The molecule has 0 bridgehead atoms. The van der Waals surface area contributed by atoms with Crippen LogP contribution in [0.4, 0.5) is 0 Å². The van der Waals surface area contributed by atoms with Crippen molar-refractivity contribution in [1.29, 1.82) is 0 Å². The summed E-state index contributed by atoms with van der Waals surface area (Å²) in [6.45, 7) is 4.04. The van der Waals surface area contributed by atoms with Gasteiger partial charge in [0.15, 0.2) is 0 Å². The number of pyridine rings is 2. The van der Waals surface area contributed by atoms with E-state index in [9.17, 15) is 9.59 Å². The van der Waals surface area contributed by atoms with Gasteiger partial charge in [0.25, 0.3) is 11.1 Å². The fourth-order valence-electron chi connectivity index (χ4n) is 4.91. The summed E-state index contributed by atoms with van der Waals surface area (Å²) in [7, 11) is 0. The molecule has 0 spiro atoms. The van der Waals surface area contributed by atoms with E-state index in [-0.39, 0.29) is 11.1 Å². The lowest BCUT2D eigenvalue weighted by Gasteiger charge is -2.05. The Morgan fingerprint density at radius 2 is 1.16 bits per heavy atom. The third-order valence-corrected chi connectivity index (χ3v) is 9.13. The van der Waals surface area contributed by atoms with Crippen LogP contribution in [0.1, 0.15) is 9.75 Å². The molecule has 8 aromatic rings. The Morgan fingerprint density at radius 1 is 0.710 bits per heavy atom. The lowest BCUT2D eigenvalue weighted by Crippen LogP contribution is -2.12. The Morgan fingerprint density at radius 3 is 1.61 bits per heavy atom. The van der Waals surface area contributed by atoms with Gasteiger partial charge < -0.3 is 0 Å². The van der Waals surface area contributed by atoms with Gasteiger partial charge >= 0.3 is 0 Å². The lowest BCUT2D eigenvalue weighted by molar-refractivity contribution is 1.19. The number of thiophene rings is 3. The largest absolute Gasteiger partial charge is 0.274 e. The summed E-state index contributed by atoms with van der Waals surface area (Å²) in [6.07, 6.45) is 0. The molecule has 0 aliphatic heterocycles. The third-order valence-electron chi connectivity index (χ3n) is 6.09. The monoisotopic (exact) mass is 458 g/mol. The molecule has 0 radical (unpaired) electrons. The van der Waals surface area contributed by atoms with Crippen LogP contribution in [0.3, 0.4) is 0 Å². The first-order chi connectivity index (χ1) is 15.0. The smallest absolute Gasteiger partial charge is 0.267 e. The predicted octanol–water partition coefficient (Wildman–Crippen LogP) is 5.15. The van der Waals surface area contributed by atoms with Gasteiger partial charge in [0, 0.05) is 31.3 Å². The van der Waals surface area contributed by atoms with Gasteiger partial charge in [-0.3, -0.25) is 18.4 Å². The molecule has 0 fully saturated rings. The first kappa shape index (κ1) is 16.5. The summed E-state index contributed by atoms with van der Waals surface area (Å²) in [4.78, 5) is 40.7. The summed E-state index contributed by atoms with van der Waals surface area (Å²) in [5.74, 6) is 0. The number of aryl methyl sites for hydroxylation is 2. The van der Waals surface area contributed by atoms with Crippen molar-refractivity contribution in [3.8, 4) is 0 Å². The van der Waals surface area contributed by atoms with Crippen molar-refractivity contribution in [3.05, 3.63) is 54.7 Å². The number of nitrogens with zero attached hydrogens (tertiary/aromatic N) is 4. The lowest BCUT2D eigenvalue weighted by atomic mass is 10.0. The number of fused-ring (bicyclic) bond motifs is 8. The fraction of sp³-hybridized carbons (Fsp3) is 0.0909. The maximum atomic E-state index is 13.6. The normalized spacial score (nSPS) is 13.1. The van der Waals surface area contributed by atoms with Gasteiger partial charge in [-0.1, -0.05) is 0 Å². The molecule has 0 unspecified atom stereocenters. The van der Waals surface area contributed by atoms with Crippen LogP contribution in [0.25, 0.3) is 62.9 Å². The summed E-state index contributed by atoms with van der Waals surface area (Å²) < 4.78 is 4.62. The van der Waals surface area contributed by atoms with Gasteiger partial charge in [-0.2, -0.15) is 0 Å². The topological polar surface area (TPSA) is 68.7 Å². The highest BCUT2D eigenvalue weighted by molar-refractivity contribution is 7.26. The molecule has 0 amide bonds. The third kappa shape index (κ3) is 1.73. The molecule has 0 aliphatic carbocycles. The highest BCUT2D eigenvalue weighted by Crippen LogP contribution is 2.41. The van der Waals surface area contributed by atoms with Crippen molar-refractivity contribution in [2.45, 2.75) is 13.8 Å². The van der Waals surface area contributed by atoms with Crippen LogP contribution < -0.4 is 11.1 Å². The molecule has 7 aromatic heterocycles. The summed E-state index contributed by atoms with van der Waals surface area (Å²) in [5.41, 5.74) is 2.78. The SMILES string of the molecule is Cc1cc2c(nc3c4ccc5c6c(sc(c(=O)n23)c46)c(=O)n2c3cc(C)sc3nc52)s1. The van der Waals surface area contributed by atoms with E-state index in [0.29, 0.717) is 20.7 Å². The fourth-order valence-corrected chi connectivity index (χ4v) is 7.82. The number of benzene rings is 1. The van der Waals surface area contributed by atoms with E-state index < -0.39 is 0 Å². The number of hydrogen-bond acceptors (Lipinski definition) is 7. The van der Waals surface area contributed by atoms with Gasteiger partial charge in [0.05, 0.1) is 11.0 Å². The Labute approximate surface area is 183 Å². The highest BCUT2D eigenvalue weighted by atomic mass is 32.1. The van der Waals surface area contributed by atoms with Gasteiger partial charge in [0.1, 0.15) is 30.4 Å². The van der Waals surface area contributed by atoms with Crippen LogP contribution in [-0.4, -0.2) is 18.8 Å². The predicted molar refractivity (Wildman–Crippen MR) is 129 cm³/mol. The first-order valence-corrected chi connectivity index (χ1v) is 12.1. The summed E-state index contributed by atoms with van der Waals surface area (Å²) in [5, 5.41) is 3.49. The molecular formula is C22H10N4O2S3. The van der Waals surface area contributed by atoms with E-state index in [0.717, 1.165) is 52.0 Å². The molecule has 1 aromatic carbocycles. The Hall–Kier alpha value is -3.14. The Kier molecular flexibility index (Phi) is 2.67. The van der Waals surface area contributed by atoms with E-state index in [4.69, 9.17) is 9.97 Å². The zero-order valence-electron chi connectivity index (χ0n) is 16.1. The zero-order valence-corrected chi connectivity index (χ0v) is 18.6. The van der Waals surface area contributed by atoms with E-state index in [1.807, 2.05) is 38.1 Å². The average Bonchev–Trinajstić information content (AvgIpc) is 3.49.